The van der Waals surface area contributed by atoms with Gasteiger partial charge in [0, 0.05) is 12.1 Å². The van der Waals surface area contributed by atoms with Crippen molar-refractivity contribution >= 4 is 5.82 Å². The topological polar surface area (TPSA) is 78.9 Å². The van der Waals surface area contributed by atoms with Gasteiger partial charge >= 0.3 is 0 Å². The average Bonchev–Trinajstić information content (AvgIpc) is 2.90. The minimum atomic E-state index is 0.462. The lowest BCUT2D eigenvalue weighted by molar-refractivity contribution is 0.392. The first-order chi connectivity index (χ1) is 9.78. The Balaban J connectivity index is 2.00. The summed E-state index contributed by atoms with van der Waals surface area (Å²) in [6.07, 6.45) is 0. The maximum atomic E-state index is 5.99. The van der Waals surface area contributed by atoms with Gasteiger partial charge in [-0.25, -0.2) is 4.68 Å². The molecule has 3 rings (SSSR count). The molecule has 20 heavy (non-hydrogen) atoms. The second-order valence-corrected chi connectivity index (χ2v) is 4.16. The lowest BCUT2D eigenvalue weighted by Crippen LogP contribution is -2.01. The summed E-state index contributed by atoms with van der Waals surface area (Å²) < 4.78 is 6.65. The van der Waals surface area contributed by atoms with Gasteiger partial charge in [0.05, 0.1) is 12.8 Å². The van der Waals surface area contributed by atoms with Gasteiger partial charge in [0.25, 0.3) is 0 Å². The largest absolute Gasteiger partial charge is 0.480 e. The monoisotopic (exact) mass is 267 g/mol. The van der Waals surface area contributed by atoms with E-state index in [0.29, 0.717) is 23.1 Å². The van der Waals surface area contributed by atoms with Gasteiger partial charge in [0.1, 0.15) is 17.2 Å². The van der Waals surface area contributed by atoms with E-state index in [1.165, 1.54) is 0 Å². The minimum absolute atomic E-state index is 0.462. The first-order valence-electron chi connectivity index (χ1n) is 6.07. The van der Waals surface area contributed by atoms with Crippen LogP contribution in [0, 0.1) is 0 Å². The summed E-state index contributed by atoms with van der Waals surface area (Å²) in [4.78, 5) is 0. The van der Waals surface area contributed by atoms with Gasteiger partial charge in [-0.3, -0.25) is 0 Å². The molecule has 0 bridgehead atoms. The highest BCUT2D eigenvalue weighted by atomic mass is 16.5. The van der Waals surface area contributed by atoms with Gasteiger partial charge < -0.3 is 10.5 Å². The van der Waals surface area contributed by atoms with Crippen LogP contribution in [0.25, 0.3) is 17.1 Å². The van der Waals surface area contributed by atoms with Gasteiger partial charge in [0.2, 0.25) is 5.88 Å². The highest BCUT2D eigenvalue weighted by Crippen LogP contribution is 2.21. The molecule has 0 aliphatic carbocycles. The third-order valence-electron chi connectivity index (χ3n) is 2.85. The molecule has 2 N–H and O–H groups in total. The van der Waals surface area contributed by atoms with Crippen molar-refractivity contribution in [2.45, 2.75) is 0 Å². The summed E-state index contributed by atoms with van der Waals surface area (Å²) in [5, 5.41) is 12.4. The number of aromatic nitrogens is 4. The highest BCUT2D eigenvalue weighted by Gasteiger charge is 2.10. The Morgan fingerprint density at radius 2 is 1.80 bits per heavy atom. The van der Waals surface area contributed by atoms with Crippen LogP contribution >= 0.6 is 0 Å². The zero-order valence-corrected chi connectivity index (χ0v) is 10.9. The predicted octanol–water partition coefficient (Wildman–Crippen LogP) is 1.92. The molecule has 6 heteroatoms. The molecule has 1 aromatic carbocycles. The van der Waals surface area contributed by atoms with Crippen molar-refractivity contribution in [2.24, 2.45) is 0 Å². The predicted molar refractivity (Wildman–Crippen MR) is 75.6 cm³/mol. The number of methoxy groups -OCH3 is 1. The van der Waals surface area contributed by atoms with E-state index in [9.17, 15) is 0 Å². The molecule has 0 aliphatic rings. The first kappa shape index (κ1) is 12.2. The number of ether oxygens (including phenoxy) is 1. The normalized spacial score (nSPS) is 10.4. The molecule has 0 amide bonds. The standard InChI is InChI=1S/C14H13N5O/c1-20-14-8-7-11(16-17-14)12-9-13(15)19(18-12)10-5-3-2-4-6-10/h2-9H,15H2,1H3. The lowest BCUT2D eigenvalue weighted by Gasteiger charge is -2.02. The molecule has 0 aliphatic heterocycles. The van der Waals surface area contributed by atoms with Crippen LogP contribution < -0.4 is 10.5 Å². The molecule has 0 radical (unpaired) electrons. The van der Waals surface area contributed by atoms with Crippen LogP contribution in [0.4, 0.5) is 5.82 Å². The van der Waals surface area contributed by atoms with Gasteiger partial charge in [0.15, 0.2) is 0 Å². The van der Waals surface area contributed by atoms with Crippen molar-refractivity contribution < 1.29 is 4.74 Å². The summed E-state index contributed by atoms with van der Waals surface area (Å²) in [7, 11) is 1.55. The molecule has 0 spiro atoms. The van der Waals surface area contributed by atoms with E-state index in [1.807, 2.05) is 30.3 Å². The van der Waals surface area contributed by atoms with E-state index in [0.717, 1.165) is 5.69 Å². The first-order valence-corrected chi connectivity index (χ1v) is 6.07. The highest BCUT2D eigenvalue weighted by molar-refractivity contribution is 5.59. The van der Waals surface area contributed by atoms with E-state index in [1.54, 1.807) is 30.0 Å². The van der Waals surface area contributed by atoms with E-state index in [4.69, 9.17) is 10.5 Å². The molecule has 6 nitrogen and oxygen atoms in total. The SMILES string of the molecule is COc1ccc(-c2cc(N)n(-c3ccccc3)n2)nn1. The molecule has 0 unspecified atom stereocenters. The number of hydrogen-bond donors (Lipinski definition) is 1. The molecular weight excluding hydrogens is 254 g/mol. The third-order valence-corrected chi connectivity index (χ3v) is 2.85. The van der Waals surface area contributed by atoms with Gasteiger partial charge in [-0.1, -0.05) is 18.2 Å². The second kappa shape index (κ2) is 5.00. The Morgan fingerprint density at radius 3 is 2.45 bits per heavy atom. The summed E-state index contributed by atoms with van der Waals surface area (Å²) in [5.41, 5.74) is 8.21. The summed E-state index contributed by atoms with van der Waals surface area (Å²) in [6.45, 7) is 0. The van der Waals surface area contributed by atoms with Crippen LogP contribution in [0.1, 0.15) is 0 Å². The van der Waals surface area contributed by atoms with Crippen molar-refractivity contribution in [3.05, 3.63) is 48.5 Å². The number of hydrogen-bond acceptors (Lipinski definition) is 5. The molecular formula is C14H13N5O. The van der Waals surface area contributed by atoms with E-state index >= 15 is 0 Å². The number of nitrogen functional groups attached to an aromatic ring is 1. The fourth-order valence-corrected chi connectivity index (χ4v) is 1.86. The number of rotatable bonds is 3. The van der Waals surface area contributed by atoms with Crippen molar-refractivity contribution in [3.63, 3.8) is 0 Å². The van der Waals surface area contributed by atoms with Crippen molar-refractivity contribution in [3.8, 4) is 23.0 Å². The number of nitrogens with two attached hydrogens (primary N) is 1. The fraction of sp³-hybridized carbons (Fsp3) is 0.0714. The van der Waals surface area contributed by atoms with Gasteiger partial charge in [-0.2, -0.15) is 5.10 Å². The van der Waals surface area contributed by atoms with Crippen LogP contribution in [-0.2, 0) is 0 Å². The van der Waals surface area contributed by atoms with Crippen LogP contribution in [-0.4, -0.2) is 27.1 Å². The lowest BCUT2D eigenvalue weighted by atomic mass is 10.3. The quantitative estimate of drug-likeness (QED) is 0.784. The molecule has 2 heterocycles. The Labute approximate surface area is 115 Å². The summed E-state index contributed by atoms with van der Waals surface area (Å²) in [5.74, 6) is 1.01. The smallest absolute Gasteiger partial charge is 0.233 e. The number of anilines is 1. The van der Waals surface area contributed by atoms with Crippen LogP contribution in [0.3, 0.4) is 0 Å². The Hall–Kier alpha value is -2.89. The molecule has 100 valence electrons. The van der Waals surface area contributed by atoms with Crippen LogP contribution in [0.5, 0.6) is 5.88 Å². The second-order valence-electron chi connectivity index (χ2n) is 4.16. The van der Waals surface area contributed by atoms with Crippen molar-refractivity contribution in [1.29, 1.82) is 0 Å². The van der Waals surface area contributed by atoms with Crippen molar-refractivity contribution in [1.82, 2.24) is 20.0 Å². The van der Waals surface area contributed by atoms with E-state index in [-0.39, 0.29) is 0 Å². The van der Waals surface area contributed by atoms with Crippen LogP contribution in [0.2, 0.25) is 0 Å². The fourth-order valence-electron chi connectivity index (χ4n) is 1.86. The maximum Gasteiger partial charge on any atom is 0.233 e. The van der Waals surface area contributed by atoms with Crippen molar-refractivity contribution in [2.75, 3.05) is 12.8 Å². The molecule has 3 aromatic rings. The van der Waals surface area contributed by atoms with Gasteiger partial charge in [-0.15, -0.1) is 10.2 Å². The zero-order valence-electron chi connectivity index (χ0n) is 10.9. The van der Waals surface area contributed by atoms with Gasteiger partial charge in [-0.05, 0) is 18.2 Å². The Bertz CT molecular complexity index is 706. The maximum absolute atomic E-state index is 5.99. The molecule has 2 aromatic heterocycles. The Morgan fingerprint density at radius 1 is 1.00 bits per heavy atom. The average molecular weight is 267 g/mol. The van der Waals surface area contributed by atoms with E-state index < -0.39 is 0 Å². The Kier molecular flexibility index (Phi) is 3.04. The number of para-hydroxylation sites is 1. The summed E-state index contributed by atoms with van der Waals surface area (Å²) in [6, 6.07) is 15.0. The minimum Gasteiger partial charge on any atom is -0.480 e. The molecule has 0 saturated carbocycles. The number of benzene rings is 1. The summed E-state index contributed by atoms with van der Waals surface area (Å²) >= 11 is 0. The molecule has 0 fully saturated rings. The van der Waals surface area contributed by atoms with E-state index in [2.05, 4.69) is 15.3 Å². The third kappa shape index (κ3) is 2.18. The molecule has 0 atom stereocenters. The van der Waals surface area contributed by atoms with Crippen LogP contribution in [0.15, 0.2) is 48.5 Å². The number of nitrogens with zero attached hydrogens (tertiary/aromatic N) is 4. The molecule has 0 saturated heterocycles. The zero-order chi connectivity index (χ0) is 13.9.